The lowest BCUT2D eigenvalue weighted by molar-refractivity contribution is -0.719. The number of benzene rings is 3. The van der Waals surface area contributed by atoms with Gasteiger partial charge in [-0.1, -0.05) is 47.1 Å². The van der Waals surface area contributed by atoms with E-state index in [2.05, 4.69) is 66.6 Å². The lowest BCUT2D eigenvalue weighted by Gasteiger charge is -2.06. The molecule has 0 amide bonds. The summed E-state index contributed by atoms with van der Waals surface area (Å²) in [5.41, 5.74) is 2.78. The van der Waals surface area contributed by atoms with Gasteiger partial charge in [-0.2, -0.15) is 5.26 Å². The molecule has 5 aromatic rings. The Kier molecular flexibility index (Phi) is 3.46. The molecule has 0 aliphatic carbocycles. The molecule has 2 heterocycles. The Balaban J connectivity index is 1.96. The number of hydrogen-bond donors (Lipinski definition) is 0. The van der Waals surface area contributed by atoms with E-state index in [1.165, 1.54) is 25.9 Å². The van der Waals surface area contributed by atoms with Crippen LogP contribution in [0.1, 0.15) is 11.3 Å². The third kappa shape index (κ3) is 2.33. The Morgan fingerprint density at radius 2 is 1.59 bits per heavy atom. The molecular formula is C23H16N3S+. The zero-order chi connectivity index (χ0) is 18.5. The number of aromatic nitrogens is 2. The second-order valence-electron chi connectivity index (χ2n) is 6.73. The number of nitrogens with zero attached hydrogens (tertiary/aromatic N) is 3. The Morgan fingerprint density at radius 3 is 2.30 bits per heavy atom. The van der Waals surface area contributed by atoms with Crippen LogP contribution in [0.4, 0.5) is 0 Å². The highest BCUT2D eigenvalue weighted by Gasteiger charge is 2.25. The minimum atomic E-state index is 0.459. The first kappa shape index (κ1) is 15.9. The zero-order valence-corrected chi connectivity index (χ0v) is 15.8. The van der Waals surface area contributed by atoms with Gasteiger partial charge in [0, 0.05) is 15.2 Å². The van der Waals surface area contributed by atoms with Crippen LogP contribution in [0.5, 0.6) is 0 Å². The molecule has 0 spiro atoms. The van der Waals surface area contributed by atoms with Gasteiger partial charge in [0.25, 0.3) is 5.69 Å². The van der Waals surface area contributed by atoms with Gasteiger partial charge in [-0.05, 0) is 46.8 Å². The maximum absolute atomic E-state index is 9.64. The van der Waals surface area contributed by atoms with Crippen molar-refractivity contribution in [2.45, 2.75) is 6.92 Å². The summed E-state index contributed by atoms with van der Waals surface area (Å²) in [6, 6.07) is 23.3. The van der Waals surface area contributed by atoms with Crippen LogP contribution in [-0.2, 0) is 7.05 Å². The maximum atomic E-state index is 9.64. The monoisotopic (exact) mass is 366 g/mol. The molecule has 3 nitrogen and oxygen atoms in total. The smallest absolute Gasteiger partial charge is 0.190 e. The first-order valence-corrected chi connectivity index (χ1v) is 9.60. The second-order valence-corrected chi connectivity index (χ2v) is 7.78. The molecule has 0 saturated carbocycles. The van der Waals surface area contributed by atoms with E-state index < -0.39 is 0 Å². The van der Waals surface area contributed by atoms with Crippen LogP contribution >= 0.6 is 11.3 Å². The van der Waals surface area contributed by atoms with Crippen molar-refractivity contribution in [3.8, 4) is 16.6 Å². The number of nitriles is 1. The van der Waals surface area contributed by atoms with Crippen LogP contribution in [0.25, 0.3) is 42.2 Å². The van der Waals surface area contributed by atoms with Crippen LogP contribution < -0.4 is 4.68 Å². The van der Waals surface area contributed by atoms with Crippen LogP contribution in [0.3, 0.4) is 0 Å². The SMILES string of the molecule is Cc1c(-c2c3cc4ccccc4cc3c(C#N)n[n+]2C)sc2ccccc12. The summed E-state index contributed by atoms with van der Waals surface area (Å²) in [4.78, 5) is 1.20. The van der Waals surface area contributed by atoms with E-state index in [4.69, 9.17) is 0 Å². The molecule has 27 heavy (non-hydrogen) atoms. The van der Waals surface area contributed by atoms with Gasteiger partial charge in [0.15, 0.2) is 7.05 Å². The summed E-state index contributed by atoms with van der Waals surface area (Å²) in [5, 5.41) is 19.7. The minimum absolute atomic E-state index is 0.459. The highest BCUT2D eigenvalue weighted by atomic mass is 32.1. The summed E-state index contributed by atoms with van der Waals surface area (Å²) in [7, 11) is 1.93. The number of rotatable bonds is 1. The Bertz CT molecular complexity index is 1410. The van der Waals surface area contributed by atoms with Crippen LogP contribution in [-0.4, -0.2) is 5.10 Å². The number of thiophene rings is 1. The highest BCUT2D eigenvalue weighted by Crippen LogP contribution is 2.40. The molecule has 0 atom stereocenters. The van der Waals surface area contributed by atoms with Crippen molar-refractivity contribution in [2.75, 3.05) is 0 Å². The summed E-state index contributed by atoms with van der Waals surface area (Å²) in [6.45, 7) is 2.17. The van der Waals surface area contributed by atoms with E-state index in [1.807, 2.05) is 23.9 Å². The standard InChI is InChI=1S/C23H16N3S/c1-14-17-9-5-6-10-21(17)27-23(14)22-19-12-16-8-4-3-7-15(16)11-18(19)20(13-24)25-26(22)2/h3-12H,1-2H3/q+1. The van der Waals surface area contributed by atoms with Crippen molar-refractivity contribution in [3.05, 3.63) is 71.9 Å². The summed E-state index contributed by atoms with van der Waals surface area (Å²) >= 11 is 1.78. The van der Waals surface area contributed by atoms with Crippen molar-refractivity contribution >= 4 is 43.0 Å². The van der Waals surface area contributed by atoms with Crippen molar-refractivity contribution in [2.24, 2.45) is 7.05 Å². The lowest BCUT2D eigenvalue weighted by atomic mass is 10.00. The predicted molar refractivity (Wildman–Crippen MR) is 111 cm³/mol. The molecule has 128 valence electrons. The van der Waals surface area contributed by atoms with Gasteiger partial charge in [-0.25, -0.2) is 0 Å². The van der Waals surface area contributed by atoms with E-state index in [9.17, 15) is 5.26 Å². The van der Waals surface area contributed by atoms with Crippen LogP contribution in [0.2, 0.25) is 0 Å². The molecular weight excluding hydrogens is 350 g/mol. The fourth-order valence-corrected chi connectivity index (χ4v) is 5.11. The first-order chi connectivity index (χ1) is 13.2. The Labute approximate surface area is 160 Å². The van der Waals surface area contributed by atoms with E-state index in [1.54, 1.807) is 11.3 Å². The molecule has 0 radical (unpaired) electrons. The fourth-order valence-electron chi connectivity index (χ4n) is 3.81. The molecule has 0 unspecified atom stereocenters. The van der Waals surface area contributed by atoms with E-state index >= 15 is 0 Å². The zero-order valence-electron chi connectivity index (χ0n) is 15.0. The molecule has 0 bridgehead atoms. The largest absolute Gasteiger partial charge is 0.257 e. The van der Waals surface area contributed by atoms with Gasteiger partial charge in [-0.15, -0.1) is 11.3 Å². The van der Waals surface area contributed by atoms with E-state index in [-0.39, 0.29) is 0 Å². The van der Waals surface area contributed by atoms with Crippen LogP contribution in [0, 0.1) is 18.3 Å². The highest BCUT2D eigenvalue weighted by molar-refractivity contribution is 7.22. The number of fused-ring (bicyclic) bond motifs is 3. The average molecular weight is 366 g/mol. The summed E-state index contributed by atoms with van der Waals surface area (Å²) in [6.07, 6.45) is 0. The number of aryl methyl sites for hydroxylation is 2. The third-order valence-electron chi connectivity index (χ3n) is 5.13. The van der Waals surface area contributed by atoms with Crippen molar-refractivity contribution < 1.29 is 4.68 Å². The Morgan fingerprint density at radius 1 is 0.926 bits per heavy atom. The molecule has 0 fully saturated rings. The molecule has 0 aliphatic heterocycles. The van der Waals surface area contributed by atoms with E-state index in [0.717, 1.165) is 21.9 Å². The van der Waals surface area contributed by atoms with Gasteiger partial charge in [0.05, 0.1) is 5.39 Å². The molecule has 0 saturated heterocycles. The molecule has 0 N–H and O–H groups in total. The molecule has 5 rings (SSSR count). The van der Waals surface area contributed by atoms with Crippen molar-refractivity contribution in [3.63, 3.8) is 0 Å². The molecule has 3 aromatic carbocycles. The average Bonchev–Trinajstić information content (AvgIpc) is 3.02. The third-order valence-corrected chi connectivity index (χ3v) is 6.41. The van der Waals surface area contributed by atoms with Crippen molar-refractivity contribution in [1.82, 2.24) is 5.10 Å². The molecule has 2 aromatic heterocycles. The quantitative estimate of drug-likeness (QED) is 0.299. The normalized spacial score (nSPS) is 11.3. The van der Waals surface area contributed by atoms with E-state index in [0.29, 0.717) is 5.69 Å². The minimum Gasteiger partial charge on any atom is -0.190 e. The second kappa shape index (κ2) is 5.87. The molecule has 0 aliphatic rings. The topological polar surface area (TPSA) is 40.6 Å². The maximum Gasteiger partial charge on any atom is 0.257 e. The predicted octanol–water partition coefficient (Wildman–Crippen LogP) is 5.27. The van der Waals surface area contributed by atoms with Gasteiger partial charge in [-0.3, -0.25) is 0 Å². The lowest BCUT2D eigenvalue weighted by Crippen LogP contribution is -2.36. The Hall–Kier alpha value is -3.29. The first-order valence-electron chi connectivity index (χ1n) is 8.79. The summed E-state index contributed by atoms with van der Waals surface area (Å²) in [5.74, 6) is 0. The molecule has 4 heteroatoms. The van der Waals surface area contributed by atoms with Gasteiger partial charge in [0.1, 0.15) is 10.9 Å². The van der Waals surface area contributed by atoms with Crippen molar-refractivity contribution in [1.29, 1.82) is 5.26 Å². The number of hydrogen-bond acceptors (Lipinski definition) is 3. The van der Waals surface area contributed by atoms with Gasteiger partial charge in [0.2, 0.25) is 5.69 Å². The van der Waals surface area contributed by atoms with Crippen LogP contribution in [0.15, 0.2) is 60.7 Å². The summed E-state index contributed by atoms with van der Waals surface area (Å²) < 4.78 is 3.12. The van der Waals surface area contributed by atoms with Gasteiger partial charge >= 0.3 is 0 Å². The van der Waals surface area contributed by atoms with Gasteiger partial charge < -0.3 is 0 Å². The fraction of sp³-hybridized carbons (Fsp3) is 0.0870.